The van der Waals surface area contributed by atoms with E-state index in [-0.39, 0.29) is 10.8 Å². The maximum Gasteiger partial charge on any atom is 0.0457 e. The third-order valence-electron chi connectivity index (χ3n) is 6.03. The Kier molecular flexibility index (Phi) is 4.58. The number of allylic oxidation sites excluding steroid dienone is 1. The zero-order valence-electron chi connectivity index (χ0n) is 17.2. The molecule has 3 aromatic rings. The van der Waals surface area contributed by atoms with E-state index in [1.165, 1.54) is 27.7 Å². The number of hydrogen-bond donors (Lipinski definition) is 2. The van der Waals surface area contributed by atoms with Gasteiger partial charge in [-0.2, -0.15) is 0 Å². The van der Waals surface area contributed by atoms with Gasteiger partial charge >= 0.3 is 0 Å². The molecule has 0 radical (unpaired) electrons. The second-order valence-corrected chi connectivity index (χ2v) is 9.49. The molecule has 4 rings (SSSR count). The second kappa shape index (κ2) is 6.70. The topological polar surface area (TPSA) is 27.8 Å². The molecule has 0 unspecified atom stereocenters. The molecule has 3 heteroatoms. The van der Waals surface area contributed by atoms with Crippen molar-refractivity contribution in [3.63, 3.8) is 0 Å². The molecular weight excluding hydrogens is 364 g/mol. The number of H-pyrrole nitrogens is 1. The molecular formula is C25H29ClN2. The summed E-state index contributed by atoms with van der Waals surface area (Å²) in [6, 6.07) is 15.2. The maximum absolute atomic E-state index is 6.32. The van der Waals surface area contributed by atoms with Crippen LogP contribution in [-0.4, -0.2) is 4.98 Å². The molecule has 1 aromatic heterocycles. The summed E-state index contributed by atoms with van der Waals surface area (Å²) in [4.78, 5) is 3.54. The Balaban J connectivity index is 1.59. The lowest BCUT2D eigenvalue weighted by Gasteiger charge is -2.22. The maximum atomic E-state index is 6.32. The summed E-state index contributed by atoms with van der Waals surface area (Å²) in [5.74, 6) is 0. The minimum Gasteiger partial charge on any atom is -0.359 e. The first-order valence-corrected chi connectivity index (χ1v) is 10.5. The van der Waals surface area contributed by atoms with Crippen LogP contribution in [0.25, 0.3) is 10.9 Å². The molecule has 2 nitrogen and oxygen atoms in total. The lowest BCUT2D eigenvalue weighted by Crippen LogP contribution is -2.16. The van der Waals surface area contributed by atoms with Crippen molar-refractivity contribution < 1.29 is 0 Å². The fourth-order valence-corrected chi connectivity index (χ4v) is 4.19. The largest absolute Gasteiger partial charge is 0.359 e. The van der Waals surface area contributed by atoms with Crippen LogP contribution in [0, 0.1) is 0 Å². The molecule has 0 saturated heterocycles. The van der Waals surface area contributed by atoms with E-state index in [0.717, 1.165) is 35.7 Å². The van der Waals surface area contributed by atoms with Crippen LogP contribution < -0.4 is 5.32 Å². The fourth-order valence-electron chi connectivity index (χ4n) is 3.94. The van der Waals surface area contributed by atoms with Crippen molar-refractivity contribution in [1.29, 1.82) is 0 Å². The SMILES string of the molecule is C=C(Nc1ccc2[nH]c(C(C)(C)C)cc2c1)C1(c2ccc(Cl)c(CC)c2)CC1. The van der Waals surface area contributed by atoms with Crippen LogP contribution in [0.3, 0.4) is 0 Å². The third-order valence-corrected chi connectivity index (χ3v) is 6.40. The summed E-state index contributed by atoms with van der Waals surface area (Å²) in [6.07, 6.45) is 3.21. The molecule has 0 bridgehead atoms. The normalized spacial score (nSPS) is 15.6. The van der Waals surface area contributed by atoms with Gasteiger partial charge in [-0.3, -0.25) is 0 Å². The zero-order valence-corrected chi connectivity index (χ0v) is 18.0. The van der Waals surface area contributed by atoms with Gasteiger partial charge in [-0.1, -0.05) is 58.0 Å². The van der Waals surface area contributed by atoms with Crippen molar-refractivity contribution >= 4 is 28.2 Å². The third kappa shape index (κ3) is 3.35. The number of aromatic amines is 1. The van der Waals surface area contributed by atoms with Crippen LogP contribution >= 0.6 is 11.6 Å². The molecule has 0 atom stereocenters. The molecule has 28 heavy (non-hydrogen) atoms. The summed E-state index contributed by atoms with van der Waals surface area (Å²) < 4.78 is 0. The van der Waals surface area contributed by atoms with E-state index in [9.17, 15) is 0 Å². The van der Waals surface area contributed by atoms with Crippen LogP contribution in [0.2, 0.25) is 5.02 Å². The van der Waals surface area contributed by atoms with Gasteiger partial charge in [0.15, 0.2) is 0 Å². The number of halogens is 1. The first-order chi connectivity index (χ1) is 13.2. The highest BCUT2D eigenvalue weighted by molar-refractivity contribution is 6.31. The number of benzene rings is 2. The van der Waals surface area contributed by atoms with Crippen molar-refractivity contribution in [2.75, 3.05) is 5.32 Å². The number of hydrogen-bond acceptors (Lipinski definition) is 1. The molecule has 1 aliphatic carbocycles. The van der Waals surface area contributed by atoms with E-state index in [1.807, 2.05) is 6.07 Å². The van der Waals surface area contributed by atoms with Gasteiger partial charge in [-0.15, -0.1) is 0 Å². The van der Waals surface area contributed by atoms with Gasteiger partial charge in [0.2, 0.25) is 0 Å². The van der Waals surface area contributed by atoms with Gasteiger partial charge in [0.1, 0.15) is 0 Å². The van der Waals surface area contributed by atoms with Crippen LogP contribution in [0.15, 0.2) is 54.7 Å². The van der Waals surface area contributed by atoms with Crippen molar-refractivity contribution in [3.05, 3.63) is 76.6 Å². The van der Waals surface area contributed by atoms with Crippen molar-refractivity contribution in [2.24, 2.45) is 0 Å². The van der Waals surface area contributed by atoms with Crippen LogP contribution in [0.1, 0.15) is 57.4 Å². The summed E-state index contributed by atoms with van der Waals surface area (Å²) >= 11 is 6.32. The number of rotatable bonds is 5. The Labute approximate surface area is 173 Å². The van der Waals surface area contributed by atoms with E-state index in [2.05, 4.69) is 81.0 Å². The number of aromatic nitrogens is 1. The fraction of sp³-hybridized carbons (Fsp3) is 0.360. The average molecular weight is 393 g/mol. The Morgan fingerprint density at radius 2 is 1.89 bits per heavy atom. The molecule has 1 aliphatic rings. The van der Waals surface area contributed by atoms with E-state index >= 15 is 0 Å². The summed E-state index contributed by atoms with van der Waals surface area (Å²) in [5, 5.41) is 5.68. The van der Waals surface area contributed by atoms with Crippen LogP contribution in [0.5, 0.6) is 0 Å². The molecule has 0 spiro atoms. The predicted molar refractivity (Wildman–Crippen MR) is 122 cm³/mol. The molecule has 0 aliphatic heterocycles. The number of nitrogens with one attached hydrogen (secondary N) is 2. The summed E-state index contributed by atoms with van der Waals surface area (Å²) in [7, 11) is 0. The monoisotopic (exact) mass is 392 g/mol. The molecule has 1 fully saturated rings. The Hall–Kier alpha value is -2.19. The average Bonchev–Trinajstić information content (AvgIpc) is 3.34. The Morgan fingerprint density at radius 1 is 1.14 bits per heavy atom. The smallest absolute Gasteiger partial charge is 0.0457 e. The van der Waals surface area contributed by atoms with Crippen molar-refractivity contribution in [3.8, 4) is 0 Å². The molecule has 1 heterocycles. The van der Waals surface area contributed by atoms with E-state index < -0.39 is 0 Å². The highest BCUT2D eigenvalue weighted by Crippen LogP contribution is 2.53. The number of aryl methyl sites for hydroxylation is 1. The van der Waals surface area contributed by atoms with Crippen molar-refractivity contribution in [2.45, 2.75) is 57.8 Å². The van der Waals surface area contributed by atoms with E-state index in [4.69, 9.17) is 11.6 Å². The van der Waals surface area contributed by atoms with Crippen LogP contribution in [0.4, 0.5) is 5.69 Å². The van der Waals surface area contributed by atoms with Crippen molar-refractivity contribution in [1.82, 2.24) is 4.98 Å². The highest BCUT2D eigenvalue weighted by Gasteiger charge is 2.47. The minimum atomic E-state index is 0.0260. The summed E-state index contributed by atoms with van der Waals surface area (Å²) in [6.45, 7) is 13.2. The van der Waals surface area contributed by atoms with Gasteiger partial charge in [0.05, 0.1) is 0 Å². The van der Waals surface area contributed by atoms with E-state index in [1.54, 1.807) is 0 Å². The number of fused-ring (bicyclic) bond motifs is 1. The Morgan fingerprint density at radius 3 is 2.54 bits per heavy atom. The molecule has 1 saturated carbocycles. The van der Waals surface area contributed by atoms with E-state index in [0.29, 0.717) is 0 Å². The molecule has 2 N–H and O–H groups in total. The molecule has 146 valence electrons. The van der Waals surface area contributed by atoms with Gasteiger partial charge < -0.3 is 10.3 Å². The van der Waals surface area contributed by atoms with Gasteiger partial charge in [-0.05, 0) is 60.7 Å². The highest BCUT2D eigenvalue weighted by atomic mass is 35.5. The van der Waals surface area contributed by atoms with Crippen LogP contribution in [-0.2, 0) is 17.3 Å². The molecule has 2 aromatic carbocycles. The predicted octanol–water partition coefficient (Wildman–Crippen LogP) is 7.34. The standard InChI is InChI=1S/C25H29ClN2/c1-6-17-13-19(7-9-21(17)26)25(11-12-25)16(2)27-20-8-10-22-18(14-20)15-23(28-22)24(3,4)5/h7-10,13-15,27-28H,2,6,11-12H2,1,3-5H3. The minimum absolute atomic E-state index is 0.0260. The Bertz CT molecular complexity index is 1050. The quantitative estimate of drug-likeness (QED) is 0.467. The van der Waals surface area contributed by atoms with Gasteiger partial charge in [-0.25, -0.2) is 0 Å². The zero-order chi connectivity index (χ0) is 20.1. The van der Waals surface area contributed by atoms with Gasteiger partial charge in [0.25, 0.3) is 0 Å². The number of anilines is 1. The first-order valence-electron chi connectivity index (χ1n) is 10.1. The van der Waals surface area contributed by atoms with Gasteiger partial charge in [0, 0.05) is 43.8 Å². The molecule has 0 amide bonds. The first kappa shape index (κ1) is 19.1. The lowest BCUT2D eigenvalue weighted by atomic mass is 9.91. The summed E-state index contributed by atoms with van der Waals surface area (Å²) in [5.41, 5.74) is 7.26. The second-order valence-electron chi connectivity index (χ2n) is 9.08. The lowest BCUT2D eigenvalue weighted by molar-refractivity contribution is 0.574.